The Morgan fingerprint density at radius 1 is 1.17 bits per heavy atom. The molecule has 0 atom stereocenters. The topological polar surface area (TPSA) is 67.7 Å². The molecule has 0 radical (unpaired) electrons. The summed E-state index contributed by atoms with van der Waals surface area (Å²) in [6.07, 6.45) is 2.78. The normalized spacial score (nSPS) is 16.4. The number of imidazole rings is 1. The van der Waals surface area contributed by atoms with E-state index >= 15 is 0 Å². The summed E-state index contributed by atoms with van der Waals surface area (Å²) in [7, 11) is 0. The van der Waals surface area contributed by atoms with Gasteiger partial charge in [0.05, 0.1) is 18.9 Å². The summed E-state index contributed by atoms with van der Waals surface area (Å²) >= 11 is 0. The standard InChI is InChI=1S/C22H28N4O3/c1-3-25(17-8-6-7-16(2)15-17)22(28)20-23-19(18-9-4-5-10-26(18)20)21(27)24-11-13-29-14-12-24/h6-8,15H,3-5,9-14H2,1-2H3. The van der Waals surface area contributed by atoms with E-state index in [-0.39, 0.29) is 11.8 Å². The fourth-order valence-electron chi connectivity index (χ4n) is 4.15. The van der Waals surface area contributed by atoms with Gasteiger partial charge in [-0.25, -0.2) is 4.98 Å². The molecule has 0 saturated carbocycles. The molecule has 2 aliphatic rings. The molecule has 7 heteroatoms. The van der Waals surface area contributed by atoms with E-state index in [1.165, 1.54) is 0 Å². The highest BCUT2D eigenvalue weighted by Crippen LogP contribution is 2.25. The quantitative estimate of drug-likeness (QED) is 0.797. The molecule has 0 spiro atoms. The van der Waals surface area contributed by atoms with Crippen molar-refractivity contribution < 1.29 is 14.3 Å². The van der Waals surface area contributed by atoms with Gasteiger partial charge in [0, 0.05) is 31.9 Å². The maximum atomic E-state index is 13.5. The summed E-state index contributed by atoms with van der Waals surface area (Å²) < 4.78 is 7.34. The maximum Gasteiger partial charge on any atom is 0.294 e. The number of fused-ring (bicyclic) bond motifs is 1. The molecule has 7 nitrogen and oxygen atoms in total. The Bertz CT molecular complexity index is 915. The predicted octanol–water partition coefficient (Wildman–Crippen LogP) is 2.67. The Morgan fingerprint density at radius 2 is 1.97 bits per heavy atom. The molecule has 2 amide bonds. The number of carbonyl (C=O) groups is 2. The Morgan fingerprint density at radius 3 is 2.69 bits per heavy atom. The first-order valence-electron chi connectivity index (χ1n) is 10.4. The van der Waals surface area contributed by atoms with Crippen LogP contribution in [0.4, 0.5) is 5.69 Å². The molecule has 4 rings (SSSR count). The van der Waals surface area contributed by atoms with E-state index in [4.69, 9.17) is 4.74 Å². The maximum absolute atomic E-state index is 13.5. The van der Waals surface area contributed by atoms with Crippen LogP contribution in [0.15, 0.2) is 24.3 Å². The zero-order valence-corrected chi connectivity index (χ0v) is 17.2. The van der Waals surface area contributed by atoms with Crippen molar-refractivity contribution >= 4 is 17.5 Å². The Balaban J connectivity index is 1.70. The van der Waals surface area contributed by atoms with E-state index in [2.05, 4.69) is 4.98 Å². The van der Waals surface area contributed by atoms with Crippen molar-refractivity contribution in [1.82, 2.24) is 14.5 Å². The third-order valence-electron chi connectivity index (χ3n) is 5.68. The van der Waals surface area contributed by atoms with Gasteiger partial charge in [-0.15, -0.1) is 0 Å². The van der Waals surface area contributed by atoms with Gasteiger partial charge < -0.3 is 19.1 Å². The molecule has 1 fully saturated rings. The molecular weight excluding hydrogens is 368 g/mol. The number of carbonyl (C=O) groups excluding carboxylic acids is 2. The lowest BCUT2D eigenvalue weighted by Crippen LogP contribution is -2.41. The van der Waals surface area contributed by atoms with Crippen LogP contribution in [0.1, 0.15) is 52.1 Å². The first-order chi connectivity index (χ1) is 14.1. The number of morpholine rings is 1. The third kappa shape index (κ3) is 3.79. The number of amides is 2. The largest absolute Gasteiger partial charge is 0.378 e. The second-order valence-corrected chi connectivity index (χ2v) is 7.63. The zero-order valence-electron chi connectivity index (χ0n) is 17.2. The van der Waals surface area contributed by atoms with E-state index in [0.717, 1.165) is 42.8 Å². The van der Waals surface area contributed by atoms with Crippen molar-refractivity contribution in [3.05, 3.63) is 47.0 Å². The molecule has 0 aliphatic carbocycles. The Hall–Kier alpha value is -2.67. The van der Waals surface area contributed by atoms with Crippen molar-refractivity contribution in [1.29, 1.82) is 0 Å². The van der Waals surface area contributed by atoms with E-state index in [1.54, 1.807) is 9.80 Å². The molecule has 0 bridgehead atoms. The minimum absolute atomic E-state index is 0.0865. The van der Waals surface area contributed by atoms with Crippen LogP contribution < -0.4 is 4.90 Å². The average Bonchev–Trinajstić information content (AvgIpc) is 3.14. The molecule has 0 N–H and O–H groups in total. The minimum atomic E-state index is -0.151. The van der Waals surface area contributed by atoms with Crippen molar-refractivity contribution in [3.63, 3.8) is 0 Å². The lowest BCUT2D eigenvalue weighted by Gasteiger charge is -2.26. The fraction of sp³-hybridized carbons (Fsp3) is 0.500. The van der Waals surface area contributed by atoms with E-state index in [1.807, 2.05) is 42.7 Å². The van der Waals surface area contributed by atoms with Gasteiger partial charge >= 0.3 is 0 Å². The van der Waals surface area contributed by atoms with Crippen molar-refractivity contribution in [2.45, 2.75) is 39.7 Å². The molecule has 1 aromatic carbocycles. The van der Waals surface area contributed by atoms with Crippen LogP contribution in [-0.4, -0.2) is 59.1 Å². The number of hydrogen-bond donors (Lipinski definition) is 0. The first-order valence-corrected chi connectivity index (χ1v) is 10.4. The SMILES string of the molecule is CCN(C(=O)c1nc(C(=O)N2CCOCC2)c2n1CCCC2)c1cccc(C)c1. The van der Waals surface area contributed by atoms with Gasteiger partial charge in [-0.3, -0.25) is 9.59 Å². The first kappa shape index (κ1) is 19.6. The van der Waals surface area contributed by atoms with Crippen molar-refractivity contribution in [2.75, 3.05) is 37.7 Å². The van der Waals surface area contributed by atoms with E-state index in [0.29, 0.717) is 44.4 Å². The molecule has 2 aromatic rings. The van der Waals surface area contributed by atoms with Gasteiger partial charge in [0.25, 0.3) is 11.8 Å². The number of benzene rings is 1. The van der Waals surface area contributed by atoms with Gasteiger partial charge in [-0.1, -0.05) is 12.1 Å². The number of aryl methyl sites for hydroxylation is 1. The molecule has 154 valence electrons. The summed E-state index contributed by atoms with van der Waals surface area (Å²) in [4.78, 5) is 34.7. The zero-order chi connectivity index (χ0) is 20.4. The second-order valence-electron chi connectivity index (χ2n) is 7.63. The second kappa shape index (κ2) is 8.37. The Kier molecular flexibility index (Phi) is 5.67. The summed E-state index contributed by atoms with van der Waals surface area (Å²) in [5.41, 5.74) is 3.29. The number of rotatable bonds is 4. The Labute approximate surface area is 171 Å². The number of nitrogens with zero attached hydrogens (tertiary/aromatic N) is 4. The summed E-state index contributed by atoms with van der Waals surface area (Å²) in [5, 5.41) is 0. The number of ether oxygens (including phenoxy) is 1. The number of anilines is 1. The summed E-state index contributed by atoms with van der Waals surface area (Å²) in [6, 6.07) is 7.91. The van der Waals surface area contributed by atoms with Crippen LogP contribution >= 0.6 is 0 Å². The van der Waals surface area contributed by atoms with E-state index in [9.17, 15) is 9.59 Å². The van der Waals surface area contributed by atoms with Crippen LogP contribution in [-0.2, 0) is 17.7 Å². The van der Waals surface area contributed by atoms with Gasteiger partial charge in [0.15, 0.2) is 0 Å². The monoisotopic (exact) mass is 396 g/mol. The van der Waals surface area contributed by atoms with Gasteiger partial charge in [-0.2, -0.15) is 0 Å². The van der Waals surface area contributed by atoms with Gasteiger partial charge in [0.1, 0.15) is 5.69 Å². The smallest absolute Gasteiger partial charge is 0.294 e. The highest BCUT2D eigenvalue weighted by molar-refractivity contribution is 6.05. The summed E-state index contributed by atoms with van der Waals surface area (Å²) in [6.45, 7) is 7.47. The molecule has 1 saturated heterocycles. The fourth-order valence-corrected chi connectivity index (χ4v) is 4.15. The van der Waals surface area contributed by atoms with Crippen LogP contribution in [0.3, 0.4) is 0 Å². The highest BCUT2D eigenvalue weighted by atomic mass is 16.5. The molecule has 2 aliphatic heterocycles. The third-order valence-corrected chi connectivity index (χ3v) is 5.68. The molecule has 3 heterocycles. The predicted molar refractivity (Wildman–Crippen MR) is 110 cm³/mol. The molecule has 29 heavy (non-hydrogen) atoms. The van der Waals surface area contributed by atoms with Crippen LogP contribution in [0.2, 0.25) is 0 Å². The molecule has 0 unspecified atom stereocenters. The average molecular weight is 396 g/mol. The minimum Gasteiger partial charge on any atom is -0.378 e. The van der Waals surface area contributed by atoms with E-state index < -0.39 is 0 Å². The van der Waals surface area contributed by atoms with Gasteiger partial charge in [-0.05, 0) is 50.8 Å². The molecule has 1 aromatic heterocycles. The molecular formula is C22H28N4O3. The highest BCUT2D eigenvalue weighted by Gasteiger charge is 2.32. The van der Waals surface area contributed by atoms with Crippen LogP contribution in [0.25, 0.3) is 0 Å². The van der Waals surface area contributed by atoms with Crippen LogP contribution in [0, 0.1) is 6.92 Å². The summed E-state index contributed by atoms with van der Waals surface area (Å²) in [5.74, 6) is 0.138. The number of hydrogen-bond acceptors (Lipinski definition) is 4. The van der Waals surface area contributed by atoms with Crippen LogP contribution in [0.5, 0.6) is 0 Å². The lowest BCUT2D eigenvalue weighted by atomic mass is 10.1. The van der Waals surface area contributed by atoms with Gasteiger partial charge in [0.2, 0.25) is 5.82 Å². The number of aromatic nitrogens is 2. The lowest BCUT2D eigenvalue weighted by molar-refractivity contribution is 0.0298. The van der Waals surface area contributed by atoms with Crippen molar-refractivity contribution in [3.8, 4) is 0 Å². The van der Waals surface area contributed by atoms with Crippen molar-refractivity contribution in [2.24, 2.45) is 0 Å².